The molecule has 1 aliphatic rings. The van der Waals surface area contributed by atoms with Crippen LogP contribution >= 0.6 is 11.6 Å². The van der Waals surface area contributed by atoms with Crippen LogP contribution in [-0.2, 0) is 0 Å². The van der Waals surface area contributed by atoms with Crippen molar-refractivity contribution in [3.8, 4) is 5.75 Å². The van der Waals surface area contributed by atoms with E-state index >= 15 is 0 Å². The van der Waals surface area contributed by atoms with E-state index in [1.807, 2.05) is 6.92 Å². The Balaban J connectivity index is 2.08. The molecule has 0 heterocycles. The molecule has 0 spiro atoms. The lowest BCUT2D eigenvalue weighted by Crippen LogP contribution is -2.06. The summed E-state index contributed by atoms with van der Waals surface area (Å²) in [4.78, 5) is 0. The predicted octanol–water partition coefficient (Wildman–Crippen LogP) is 6.42. The van der Waals surface area contributed by atoms with Crippen molar-refractivity contribution in [1.29, 1.82) is 0 Å². The maximum absolute atomic E-state index is 14.5. The third-order valence-corrected chi connectivity index (χ3v) is 4.54. The lowest BCUT2D eigenvalue weighted by molar-refractivity contribution is 0.338. The molecule has 0 radical (unpaired) electrons. The number of hydrogen-bond donors (Lipinski definition) is 0. The summed E-state index contributed by atoms with van der Waals surface area (Å²) in [5.41, 5.74) is 1.70. The molecule has 1 nitrogen and oxygen atoms in total. The molecular formula is C19H24ClFO. The number of allylic oxidation sites excluding steroid dienone is 4. The molecule has 120 valence electrons. The molecule has 0 aromatic heterocycles. The predicted molar refractivity (Wildman–Crippen MR) is 91.9 cm³/mol. The molecule has 0 saturated carbocycles. The van der Waals surface area contributed by atoms with Gasteiger partial charge < -0.3 is 4.74 Å². The zero-order chi connectivity index (χ0) is 15.9. The Bertz CT molecular complexity index is 563. The summed E-state index contributed by atoms with van der Waals surface area (Å²) >= 11 is 6.07. The van der Waals surface area contributed by atoms with Crippen LogP contribution in [0.25, 0.3) is 5.57 Å². The fourth-order valence-corrected chi connectivity index (χ4v) is 3.16. The van der Waals surface area contributed by atoms with E-state index in [-0.39, 0.29) is 10.8 Å². The molecule has 1 aromatic carbocycles. The summed E-state index contributed by atoms with van der Waals surface area (Å²) in [5.74, 6) is 0.776. The lowest BCUT2D eigenvalue weighted by Gasteiger charge is -2.22. The van der Waals surface area contributed by atoms with E-state index < -0.39 is 0 Å². The molecule has 3 heteroatoms. The fraction of sp³-hybridized carbons (Fsp3) is 0.474. The van der Waals surface area contributed by atoms with Gasteiger partial charge in [-0.1, -0.05) is 29.8 Å². The Morgan fingerprint density at radius 2 is 2.23 bits per heavy atom. The number of hydrogen-bond acceptors (Lipinski definition) is 1. The maximum Gasteiger partial charge on any atom is 0.153 e. The second-order valence-corrected chi connectivity index (χ2v) is 6.07. The van der Waals surface area contributed by atoms with Crippen molar-refractivity contribution in [2.24, 2.45) is 5.92 Å². The lowest BCUT2D eigenvalue weighted by atomic mass is 9.84. The average Bonchev–Trinajstić information content (AvgIpc) is 2.53. The van der Waals surface area contributed by atoms with E-state index in [1.165, 1.54) is 6.42 Å². The number of rotatable bonds is 6. The van der Waals surface area contributed by atoms with Crippen molar-refractivity contribution >= 4 is 17.2 Å². The highest BCUT2D eigenvalue weighted by Gasteiger charge is 2.19. The molecular weight excluding hydrogens is 299 g/mol. The number of benzene rings is 1. The highest BCUT2D eigenvalue weighted by atomic mass is 35.5. The van der Waals surface area contributed by atoms with Crippen LogP contribution in [0.15, 0.2) is 30.4 Å². The van der Waals surface area contributed by atoms with Gasteiger partial charge in [0.1, 0.15) is 10.8 Å². The first-order valence-corrected chi connectivity index (χ1v) is 8.46. The first-order valence-electron chi connectivity index (χ1n) is 8.08. The van der Waals surface area contributed by atoms with Crippen LogP contribution in [0.3, 0.4) is 0 Å². The summed E-state index contributed by atoms with van der Waals surface area (Å²) in [6.07, 6.45) is 11.9. The number of ether oxygens (including phenoxy) is 1. The van der Waals surface area contributed by atoms with Gasteiger partial charge in [-0.15, -0.1) is 0 Å². The first kappa shape index (κ1) is 17.1. The molecule has 2 rings (SSSR count). The van der Waals surface area contributed by atoms with Gasteiger partial charge in [-0.25, -0.2) is 4.39 Å². The molecule has 0 saturated heterocycles. The van der Waals surface area contributed by atoms with Crippen molar-refractivity contribution in [2.45, 2.75) is 46.0 Å². The van der Waals surface area contributed by atoms with Gasteiger partial charge in [0.25, 0.3) is 0 Å². The van der Waals surface area contributed by atoms with Gasteiger partial charge in [0.2, 0.25) is 0 Å². The fourth-order valence-electron chi connectivity index (χ4n) is 2.94. The van der Waals surface area contributed by atoms with Crippen LogP contribution < -0.4 is 4.74 Å². The van der Waals surface area contributed by atoms with Crippen molar-refractivity contribution in [3.05, 3.63) is 46.8 Å². The molecule has 0 amide bonds. The van der Waals surface area contributed by atoms with E-state index in [4.69, 9.17) is 16.3 Å². The highest BCUT2D eigenvalue weighted by molar-refractivity contribution is 6.32. The second-order valence-electron chi connectivity index (χ2n) is 5.69. The zero-order valence-electron chi connectivity index (χ0n) is 13.4. The first-order chi connectivity index (χ1) is 10.7. The molecule has 0 fully saturated rings. The summed E-state index contributed by atoms with van der Waals surface area (Å²) in [5, 5.41) is 0.0930. The van der Waals surface area contributed by atoms with Gasteiger partial charge in [0.15, 0.2) is 5.82 Å². The molecule has 22 heavy (non-hydrogen) atoms. The summed E-state index contributed by atoms with van der Waals surface area (Å²) in [6, 6.07) is 3.56. The van der Waals surface area contributed by atoms with Crippen LogP contribution in [0.5, 0.6) is 5.75 Å². The van der Waals surface area contributed by atoms with E-state index in [0.717, 1.165) is 31.3 Å². The molecule has 0 N–H and O–H groups in total. The Hall–Kier alpha value is -1.28. The van der Waals surface area contributed by atoms with Crippen LogP contribution in [0.2, 0.25) is 5.02 Å². The Morgan fingerprint density at radius 3 is 2.86 bits per heavy atom. The number of halogens is 2. The quantitative estimate of drug-likeness (QED) is 0.549. The molecule has 1 aliphatic carbocycles. The standard InChI is InChI=1S/C19H24ClFO/c1-3-5-6-7-14-8-10-15(11-9-14)16-12-13-17(22-4-2)18(20)19(16)21/h3,5,10,12-14H,4,6-9,11H2,1-2H3/b5-3+. The SMILES string of the molecule is C/C=C/CCC1CC=C(c2ccc(OCC)c(Cl)c2F)CC1. The van der Waals surface area contributed by atoms with Crippen molar-refractivity contribution < 1.29 is 9.13 Å². The largest absolute Gasteiger partial charge is 0.492 e. The minimum Gasteiger partial charge on any atom is -0.492 e. The Labute approximate surface area is 137 Å². The van der Waals surface area contributed by atoms with Gasteiger partial charge in [-0.2, -0.15) is 0 Å². The minimum absolute atomic E-state index is 0.0930. The van der Waals surface area contributed by atoms with Crippen molar-refractivity contribution in [2.75, 3.05) is 6.61 Å². The molecule has 1 atom stereocenters. The van der Waals surface area contributed by atoms with E-state index in [2.05, 4.69) is 25.2 Å². The third kappa shape index (κ3) is 4.13. The maximum atomic E-state index is 14.5. The van der Waals surface area contributed by atoms with Gasteiger partial charge in [0.05, 0.1) is 6.61 Å². The highest BCUT2D eigenvalue weighted by Crippen LogP contribution is 2.37. The van der Waals surface area contributed by atoms with E-state index in [9.17, 15) is 4.39 Å². The smallest absolute Gasteiger partial charge is 0.153 e. The van der Waals surface area contributed by atoms with Gasteiger partial charge in [-0.3, -0.25) is 0 Å². The monoisotopic (exact) mass is 322 g/mol. The Kier molecular flexibility index (Phi) is 6.50. The van der Waals surface area contributed by atoms with Gasteiger partial charge in [0, 0.05) is 5.56 Å². The minimum atomic E-state index is -0.355. The van der Waals surface area contributed by atoms with Crippen LogP contribution in [-0.4, -0.2) is 6.61 Å². The zero-order valence-corrected chi connectivity index (χ0v) is 14.1. The molecule has 0 bridgehead atoms. The third-order valence-electron chi connectivity index (χ3n) is 4.19. The second kappa shape index (κ2) is 8.38. The molecule has 0 aliphatic heterocycles. The van der Waals surface area contributed by atoms with Gasteiger partial charge >= 0.3 is 0 Å². The normalized spacial score (nSPS) is 18.5. The van der Waals surface area contributed by atoms with Crippen LogP contribution in [0.4, 0.5) is 4.39 Å². The molecule has 1 unspecified atom stereocenters. The van der Waals surface area contributed by atoms with E-state index in [0.29, 0.717) is 23.8 Å². The van der Waals surface area contributed by atoms with Crippen molar-refractivity contribution in [3.63, 3.8) is 0 Å². The summed E-state index contributed by atoms with van der Waals surface area (Å²) in [7, 11) is 0. The van der Waals surface area contributed by atoms with E-state index in [1.54, 1.807) is 12.1 Å². The Morgan fingerprint density at radius 1 is 1.41 bits per heavy atom. The average molecular weight is 323 g/mol. The summed E-state index contributed by atoms with van der Waals surface area (Å²) < 4.78 is 19.8. The topological polar surface area (TPSA) is 9.23 Å². The molecule has 1 aromatic rings. The summed E-state index contributed by atoms with van der Waals surface area (Å²) in [6.45, 7) is 4.39. The van der Waals surface area contributed by atoms with Crippen molar-refractivity contribution in [1.82, 2.24) is 0 Å². The van der Waals surface area contributed by atoms with Gasteiger partial charge in [-0.05, 0) is 69.6 Å². The van der Waals surface area contributed by atoms with Crippen LogP contribution in [0, 0.1) is 11.7 Å². The van der Waals surface area contributed by atoms with Crippen LogP contribution in [0.1, 0.15) is 51.5 Å².